The van der Waals surface area contributed by atoms with E-state index >= 15 is 0 Å². The first-order valence-corrected chi connectivity index (χ1v) is 9.48. The van der Waals surface area contributed by atoms with Crippen molar-refractivity contribution in [3.63, 3.8) is 0 Å². The number of rotatable bonds is 2. The summed E-state index contributed by atoms with van der Waals surface area (Å²) in [5, 5.41) is 8.82. The van der Waals surface area contributed by atoms with E-state index in [2.05, 4.69) is 0 Å². The maximum absolute atomic E-state index is 12.5. The van der Waals surface area contributed by atoms with Crippen molar-refractivity contribution >= 4 is 46.2 Å². The van der Waals surface area contributed by atoms with Crippen molar-refractivity contribution in [3.05, 3.63) is 106 Å². The molecule has 1 heterocycles. The molecule has 1 fully saturated rings. The number of hydrogen-bond acceptors (Lipinski definition) is 3. The lowest BCUT2D eigenvalue weighted by atomic mass is 10.2. The Balaban J connectivity index is 0.000000299. The van der Waals surface area contributed by atoms with E-state index in [4.69, 9.17) is 17.0 Å². The first-order valence-electron chi connectivity index (χ1n) is 8.28. The Morgan fingerprint density at radius 2 is 1.33 bits per heavy atom. The number of carbonyl (C=O) groups excluding carboxylic acids is 1. The molecule has 3 aromatic rings. The predicted octanol–water partition coefficient (Wildman–Crippen LogP) is 6.08. The van der Waals surface area contributed by atoms with Gasteiger partial charge in [-0.3, -0.25) is 15.1 Å². The molecule has 3 aromatic carbocycles. The van der Waals surface area contributed by atoms with Crippen LogP contribution in [0, 0.1) is 5.41 Å². The molecule has 0 atom stereocenters. The van der Waals surface area contributed by atoms with Gasteiger partial charge in [0, 0.05) is 5.02 Å². The molecule has 0 unspecified atom stereocenters. The molecule has 0 aliphatic carbocycles. The van der Waals surface area contributed by atoms with Gasteiger partial charge in [0.15, 0.2) is 5.17 Å². The Bertz CT molecular complexity index is 914. The molecule has 134 valence electrons. The van der Waals surface area contributed by atoms with Crippen molar-refractivity contribution in [1.29, 1.82) is 5.41 Å². The fraction of sp³-hybridized carbons (Fsp3) is 0. The summed E-state index contributed by atoms with van der Waals surface area (Å²) in [4.78, 5) is 14.4. The van der Waals surface area contributed by atoms with Crippen LogP contribution in [0.15, 0.2) is 95.9 Å². The van der Waals surface area contributed by atoms with Gasteiger partial charge in [-0.05, 0) is 47.7 Å². The zero-order valence-electron chi connectivity index (χ0n) is 14.4. The van der Waals surface area contributed by atoms with Crippen molar-refractivity contribution in [2.45, 2.75) is 0 Å². The molecule has 0 radical (unpaired) electrons. The highest BCUT2D eigenvalue weighted by Crippen LogP contribution is 2.35. The number of hydrogen-bond donors (Lipinski definition) is 1. The number of amidine groups is 1. The van der Waals surface area contributed by atoms with Crippen LogP contribution in [0.4, 0.5) is 5.69 Å². The molecule has 3 nitrogen and oxygen atoms in total. The molecule has 1 saturated heterocycles. The van der Waals surface area contributed by atoms with E-state index in [1.54, 1.807) is 30.3 Å². The van der Waals surface area contributed by atoms with E-state index in [1.807, 2.05) is 66.7 Å². The van der Waals surface area contributed by atoms with Gasteiger partial charge in [0.1, 0.15) is 0 Å². The second kappa shape index (κ2) is 9.21. The molecule has 27 heavy (non-hydrogen) atoms. The highest BCUT2D eigenvalue weighted by Gasteiger charge is 2.33. The van der Waals surface area contributed by atoms with Gasteiger partial charge in [-0.15, -0.1) is 0 Å². The normalized spacial score (nSPS) is 14.9. The van der Waals surface area contributed by atoms with Crippen LogP contribution in [-0.4, -0.2) is 11.1 Å². The van der Waals surface area contributed by atoms with Crippen molar-refractivity contribution in [3.8, 4) is 0 Å². The molecule has 4 rings (SSSR count). The standard InChI is InChI=1S/C16H11ClN2OS.C6H6/c17-12-6-8-13(9-7-12)19-15(20)14(21-16(19)18)10-11-4-2-1-3-5-11;1-2-4-6-5-3-1/h1-10,18H;1-6H/b14-10-,18-16?;. The van der Waals surface area contributed by atoms with Gasteiger partial charge in [-0.25, -0.2) is 0 Å². The summed E-state index contributed by atoms with van der Waals surface area (Å²) >= 11 is 7.02. The molecule has 5 heteroatoms. The Hall–Kier alpha value is -2.82. The van der Waals surface area contributed by atoms with Crippen LogP contribution >= 0.6 is 23.4 Å². The summed E-state index contributed by atoms with van der Waals surface area (Å²) in [6, 6.07) is 28.5. The Morgan fingerprint density at radius 1 is 0.815 bits per heavy atom. The van der Waals surface area contributed by atoms with E-state index in [9.17, 15) is 4.79 Å². The Kier molecular flexibility index (Phi) is 6.47. The van der Waals surface area contributed by atoms with E-state index in [0.717, 1.165) is 17.3 Å². The lowest BCUT2D eigenvalue weighted by Gasteiger charge is -2.14. The summed E-state index contributed by atoms with van der Waals surface area (Å²) in [6.45, 7) is 0. The van der Waals surface area contributed by atoms with Crippen molar-refractivity contribution in [1.82, 2.24) is 0 Å². The van der Waals surface area contributed by atoms with Crippen molar-refractivity contribution in [2.24, 2.45) is 0 Å². The third kappa shape index (κ3) is 5.09. The van der Waals surface area contributed by atoms with Gasteiger partial charge >= 0.3 is 0 Å². The summed E-state index contributed by atoms with van der Waals surface area (Å²) < 4.78 is 0. The molecular weight excluding hydrogens is 376 g/mol. The fourth-order valence-corrected chi connectivity index (χ4v) is 3.38. The summed E-state index contributed by atoms with van der Waals surface area (Å²) in [7, 11) is 0. The van der Waals surface area contributed by atoms with Crippen LogP contribution in [-0.2, 0) is 4.79 Å². The number of nitrogens with one attached hydrogen (secondary N) is 1. The van der Waals surface area contributed by atoms with Gasteiger partial charge in [-0.2, -0.15) is 0 Å². The van der Waals surface area contributed by atoms with E-state index in [-0.39, 0.29) is 11.1 Å². The second-order valence-electron chi connectivity index (χ2n) is 5.60. The minimum absolute atomic E-state index is 0.184. The van der Waals surface area contributed by atoms with E-state index in [0.29, 0.717) is 15.6 Å². The summed E-state index contributed by atoms with van der Waals surface area (Å²) in [6.07, 6.45) is 1.80. The highest BCUT2D eigenvalue weighted by atomic mass is 35.5. The lowest BCUT2D eigenvalue weighted by Crippen LogP contribution is -2.27. The Labute approximate surface area is 167 Å². The minimum Gasteiger partial charge on any atom is -0.278 e. The predicted molar refractivity (Wildman–Crippen MR) is 115 cm³/mol. The molecule has 1 amide bonds. The zero-order valence-corrected chi connectivity index (χ0v) is 16.0. The molecular formula is C22H17ClN2OS. The van der Waals surface area contributed by atoms with E-state index < -0.39 is 0 Å². The molecule has 1 aliphatic rings. The van der Waals surface area contributed by atoms with Gasteiger partial charge in [-0.1, -0.05) is 78.3 Å². The van der Waals surface area contributed by atoms with Crippen LogP contribution in [0.5, 0.6) is 0 Å². The number of benzene rings is 3. The molecule has 1 N–H and O–H groups in total. The van der Waals surface area contributed by atoms with Crippen molar-refractivity contribution < 1.29 is 4.79 Å². The molecule has 0 bridgehead atoms. The number of amides is 1. The van der Waals surface area contributed by atoms with Crippen LogP contribution in [0.3, 0.4) is 0 Å². The topological polar surface area (TPSA) is 44.2 Å². The van der Waals surface area contributed by atoms with Crippen LogP contribution in [0.2, 0.25) is 5.02 Å². The second-order valence-corrected chi connectivity index (χ2v) is 7.07. The Morgan fingerprint density at radius 3 is 1.89 bits per heavy atom. The molecule has 0 spiro atoms. The quantitative estimate of drug-likeness (QED) is 0.537. The number of carbonyl (C=O) groups is 1. The van der Waals surface area contributed by atoms with E-state index in [1.165, 1.54) is 4.90 Å². The van der Waals surface area contributed by atoms with Gasteiger partial charge < -0.3 is 0 Å². The average molecular weight is 393 g/mol. The summed E-state index contributed by atoms with van der Waals surface area (Å²) in [5.41, 5.74) is 1.59. The van der Waals surface area contributed by atoms with Gasteiger partial charge in [0.05, 0.1) is 10.6 Å². The number of nitrogens with zero attached hydrogens (tertiary/aromatic N) is 1. The molecule has 0 aromatic heterocycles. The smallest absolute Gasteiger partial charge is 0.271 e. The molecule has 1 aliphatic heterocycles. The minimum atomic E-state index is -0.184. The van der Waals surface area contributed by atoms with Gasteiger partial charge in [0.2, 0.25) is 0 Å². The lowest BCUT2D eigenvalue weighted by molar-refractivity contribution is -0.113. The average Bonchev–Trinajstić information content (AvgIpc) is 2.98. The monoisotopic (exact) mass is 392 g/mol. The summed E-state index contributed by atoms with van der Waals surface area (Å²) in [5.74, 6) is -0.184. The maximum atomic E-state index is 12.5. The van der Waals surface area contributed by atoms with Crippen LogP contribution in [0.1, 0.15) is 5.56 Å². The highest BCUT2D eigenvalue weighted by molar-refractivity contribution is 8.19. The fourth-order valence-electron chi connectivity index (χ4n) is 2.40. The number of anilines is 1. The van der Waals surface area contributed by atoms with Crippen LogP contribution in [0.25, 0.3) is 6.08 Å². The first-order chi connectivity index (χ1) is 13.1. The third-order valence-corrected chi connectivity index (χ3v) is 4.81. The third-order valence-electron chi connectivity index (χ3n) is 3.67. The van der Waals surface area contributed by atoms with Gasteiger partial charge in [0.25, 0.3) is 5.91 Å². The maximum Gasteiger partial charge on any atom is 0.271 e. The number of halogens is 1. The largest absolute Gasteiger partial charge is 0.278 e. The molecule has 0 saturated carbocycles. The number of thioether (sulfide) groups is 1. The van der Waals surface area contributed by atoms with Crippen molar-refractivity contribution in [2.75, 3.05) is 4.90 Å². The zero-order chi connectivity index (χ0) is 19.1. The SMILES string of the molecule is N=C1S/C(=C\c2ccccc2)C(=O)N1c1ccc(Cl)cc1.c1ccccc1. The first kappa shape index (κ1) is 19.0. The van der Waals surface area contributed by atoms with Crippen LogP contribution < -0.4 is 4.90 Å².